The molecule has 0 spiro atoms. The minimum atomic E-state index is -0.478. The van der Waals surface area contributed by atoms with Crippen molar-refractivity contribution in [2.75, 3.05) is 7.11 Å². The van der Waals surface area contributed by atoms with Gasteiger partial charge in [0.25, 0.3) is 0 Å². The molecule has 0 radical (unpaired) electrons. The first-order chi connectivity index (χ1) is 9.10. The molecule has 0 aliphatic heterocycles. The number of nitrogens with zero attached hydrogens (tertiary/aromatic N) is 2. The monoisotopic (exact) mass is 329 g/mol. The molecule has 2 rings (SSSR count). The lowest BCUT2D eigenvalue weighted by molar-refractivity contribution is -0.113. The fraction of sp³-hybridized carbons (Fsp3) is 0.143. The number of aromatic nitrogens is 2. The van der Waals surface area contributed by atoms with Gasteiger partial charge < -0.3 is 15.0 Å². The van der Waals surface area contributed by atoms with Gasteiger partial charge in [0.2, 0.25) is 5.91 Å². The Labute approximate surface area is 135 Å². The smallest absolute Gasteiger partial charge is 0.241 e. The van der Waals surface area contributed by atoms with E-state index < -0.39 is 5.91 Å². The zero-order chi connectivity index (χ0) is 13.8. The topological polar surface area (TPSA) is 70.1 Å². The van der Waals surface area contributed by atoms with Crippen LogP contribution in [0.25, 0.3) is 11.8 Å². The Kier molecular flexibility index (Phi) is 7.55. The van der Waals surface area contributed by atoms with Crippen LogP contribution >= 0.6 is 24.8 Å². The van der Waals surface area contributed by atoms with E-state index in [9.17, 15) is 4.79 Å². The number of nitrogens with two attached hydrogens (primary N) is 1. The van der Waals surface area contributed by atoms with Crippen LogP contribution in [0.1, 0.15) is 11.3 Å². The van der Waals surface area contributed by atoms with Gasteiger partial charge in [-0.1, -0.05) is 6.07 Å². The van der Waals surface area contributed by atoms with Gasteiger partial charge in [0.05, 0.1) is 24.8 Å². The van der Waals surface area contributed by atoms with E-state index in [4.69, 9.17) is 10.5 Å². The molecule has 1 aromatic heterocycles. The van der Waals surface area contributed by atoms with Crippen LogP contribution in [0.15, 0.2) is 36.8 Å². The van der Waals surface area contributed by atoms with Gasteiger partial charge in [-0.05, 0) is 30.7 Å². The van der Waals surface area contributed by atoms with E-state index in [0.29, 0.717) is 5.75 Å². The summed E-state index contributed by atoms with van der Waals surface area (Å²) < 4.78 is 7.24. The van der Waals surface area contributed by atoms with Gasteiger partial charge in [-0.3, -0.25) is 4.79 Å². The first-order valence-electron chi connectivity index (χ1n) is 5.76. The van der Waals surface area contributed by atoms with Crippen molar-refractivity contribution in [1.29, 1.82) is 0 Å². The average Bonchev–Trinajstić information content (AvgIpc) is 2.82. The average molecular weight is 330 g/mol. The minimum Gasteiger partial charge on any atom is -0.495 e. The molecule has 0 saturated heterocycles. The second-order valence-corrected chi connectivity index (χ2v) is 4.09. The normalized spacial score (nSPS) is 9.81. The van der Waals surface area contributed by atoms with E-state index in [1.165, 1.54) is 6.08 Å². The molecule has 21 heavy (non-hydrogen) atoms. The van der Waals surface area contributed by atoms with Gasteiger partial charge in [-0.2, -0.15) is 0 Å². The van der Waals surface area contributed by atoms with Crippen molar-refractivity contribution in [3.05, 3.63) is 48.1 Å². The standard InChI is InChI=1S/C14H15N3O2.2ClH/c1-10-8-17(9-16-10)12-5-3-11(4-6-14(15)18)7-13(12)19-2;;/h3-9H,1-2H3,(H2,15,18);2*1H/b6-4+;;. The summed E-state index contributed by atoms with van der Waals surface area (Å²) in [5.41, 5.74) is 7.73. The molecule has 2 N–H and O–H groups in total. The molecule has 1 amide bonds. The summed E-state index contributed by atoms with van der Waals surface area (Å²) in [6.07, 6.45) is 6.60. The van der Waals surface area contributed by atoms with E-state index in [-0.39, 0.29) is 24.8 Å². The lowest BCUT2D eigenvalue weighted by atomic mass is 10.1. The van der Waals surface area contributed by atoms with Gasteiger partial charge in [0, 0.05) is 12.3 Å². The number of hydrogen-bond acceptors (Lipinski definition) is 3. The molecular formula is C14H17Cl2N3O2. The van der Waals surface area contributed by atoms with E-state index in [1.807, 2.05) is 35.9 Å². The lowest BCUT2D eigenvalue weighted by Gasteiger charge is -2.09. The Morgan fingerprint density at radius 1 is 1.38 bits per heavy atom. The number of hydrogen-bond donors (Lipinski definition) is 1. The third kappa shape index (κ3) is 4.81. The first-order valence-corrected chi connectivity index (χ1v) is 5.76. The van der Waals surface area contributed by atoms with Crippen molar-refractivity contribution < 1.29 is 9.53 Å². The van der Waals surface area contributed by atoms with Gasteiger partial charge in [-0.15, -0.1) is 24.8 Å². The molecule has 0 saturated carbocycles. The maximum Gasteiger partial charge on any atom is 0.241 e. The van der Waals surface area contributed by atoms with Gasteiger partial charge in [0.1, 0.15) is 5.75 Å². The Hall–Kier alpha value is -1.98. The maximum atomic E-state index is 10.7. The summed E-state index contributed by atoms with van der Waals surface area (Å²) in [5, 5.41) is 0. The summed E-state index contributed by atoms with van der Waals surface area (Å²) in [6.45, 7) is 1.92. The number of ether oxygens (including phenoxy) is 1. The Morgan fingerprint density at radius 3 is 2.62 bits per heavy atom. The lowest BCUT2D eigenvalue weighted by Crippen LogP contribution is -2.05. The number of carbonyl (C=O) groups excluding carboxylic acids is 1. The molecule has 0 aliphatic carbocycles. The molecule has 0 bridgehead atoms. The summed E-state index contributed by atoms with van der Waals surface area (Å²) >= 11 is 0. The second-order valence-electron chi connectivity index (χ2n) is 4.09. The van der Waals surface area contributed by atoms with E-state index in [0.717, 1.165) is 16.9 Å². The number of aryl methyl sites for hydroxylation is 1. The Bertz CT molecular complexity index is 639. The van der Waals surface area contributed by atoms with Crippen molar-refractivity contribution >= 4 is 36.8 Å². The van der Waals surface area contributed by atoms with Gasteiger partial charge in [-0.25, -0.2) is 4.98 Å². The number of carbonyl (C=O) groups is 1. The Balaban J connectivity index is 0.00000200. The highest BCUT2D eigenvalue weighted by Gasteiger charge is 2.06. The summed E-state index contributed by atoms with van der Waals surface area (Å²) in [5.74, 6) is 0.220. The molecule has 1 heterocycles. The quantitative estimate of drug-likeness (QED) is 0.876. The number of benzene rings is 1. The predicted molar refractivity (Wildman–Crippen MR) is 87.6 cm³/mol. The van der Waals surface area contributed by atoms with E-state index in [1.54, 1.807) is 19.5 Å². The van der Waals surface area contributed by atoms with Crippen LogP contribution in [0.3, 0.4) is 0 Å². The largest absolute Gasteiger partial charge is 0.495 e. The third-order valence-electron chi connectivity index (χ3n) is 2.63. The molecule has 0 aliphatic rings. The number of halogens is 2. The van der Waals surface area contributed by atoms with Crippen molar-refractivity contribution in [2.24, 2.45) is 5.73 Å². The first kappa shape index (κ1) is 19.0. The highest BCUT2D eigenvalue weighted by atomic mass is 35.5. The van der Waals surface area contributed by atoms with Crippen LogP contribution in [0.2, 0.25) is 0 Å². The van der Waals surface area contributed by atoms with Crippen LogP contribution in [0.5, 0.6) is 5.75 Å². The van der Waals surface area contributed by atoms with Crippen LogP contribution in [-0.4, -0.2) is 22.6 Å². The highest BCUT2D eigenvalue weighted by molar-refractivity contribution is 5.90. The summed E-state index contributed by atoms with van der Waals surface area (Å²) in [4.78, 5) is 14.9. The van der Waals surface area contributed by atoms with Crippen molar-refractivity contribution in [2.45, 2.75) is 6.92 Å². The number of primary amides is 1. The SMILES string of the molecule is COc1cc(/C=C/C(N)=O)ccc1-n1cnc(C)c1.Cl.Cl. The molecule has 7 heteroatoms. The van der Waals surface area contributed by atoms with Crippen LogP contribution in [-0.2, 0) is 4.79 Å². The van der Waals surface area contributed by atoms with Crippen LogP contribution in [0.4, 0.5) is 0 Å². The Morgan fingerprint density at radius 2 is 2.10 bits per heavy atom. The molecule has 0 unspecified atom stereocenters. The highest BCUT2D eigenvalue weighted by Crippen LogP contribution is 2.25. The van der Waals surface area contributed by atoms with Gasteiger partial charge >= 0.3 is 0 Å². The second kappa shape index (κ2) is 8.34. The van der Waals surface area contributed by atoms with Crippen molar-refractivity contribution in [3.8, 4) is 11.4 Å². The summed E-state index contributed by atoms with van der Waals surface area (Å²) in [7, 11) is 1.60. The van der Waals surface area contributed by atoms with Gasteiger partial charge in [0.15, 0.2) is 0 Å². The van der Waals surface area contributed by atoms with Crippen LogP contribution in [0, 0.1) is 6.92 Å². The van der Waals surface area contributed by atoms with E-state index >= 15 is 0 Å². The fourth-order valence-electron chi connectivity index (χ4n) is 1.74. The number of imidazole rings is 1. The minimum absolute atomic E-state index is 0. The zero-order valence-corrected chi connectivity index (χ0v) is 13.3. The maximum absolute atomic E-state index is 10.7. The zero-order valence-electron chi connectivity index (χ0n) is 11.6. The van der Waals surface area contributed by atoms with Crippen molar-refractivity contribution in [1.82, 2.24) is 9.55 Å². The third-order valence-corrected chi connectivity index (χ3v) is 2.63. The fourth-order valence-corrected chi connectivity index (χ4v) is 1.74. The number of methoxy groups -OCH3 is 1. The molecule has 5 nitrogen and oxygen atoms in total. The van der Waals surface area contributed by atoms with Crippen molar-refractivity contribution in [3.63, 3.8) is 0 Å². The number of rotatable bonds is 4. The molecule has 1 aromatic carbocycles. The molecule has 0 fully saturated rings. The summed E-state index contributed by atoms with van der Waals surface area (Å²) in [6, 6.07) is 5.62. The predicted octanol–water partition coefficient (Wildman–Crippen LogP) is 2.53. The number of amides is 1. The molecular weight excluding hydrogens is 313 g/mol. The molecule has 0 atom stereocenters. The molecule has 114 valence electrons. The van der Waals surface area contributed by atoms with E-state index in [2.05, 4.69) is 4.98 Å². The van der Waals surface area contributed by atoms with Crippen LogP contribution < -0.4 is 10.5 Å². The molecule has 2 aromatic rings.